The lowest BCUT2D eigenvalue weighted by molar-refractivity contribution is 0.0814. The van der Waals surface area contributed by atoms with E-state index in [1.54, 1.807) is 0 Å². The predicted octanol–water partition coefficient (Wildman–Crippen LogP) is 3.36. The van der Waals surface area contributed by atoms with Gasteiger partial charge in [-0.3, -0.25) is 0 Å². The molecular weight excluding hydrogens is 198 g/mol. The second-order valence-corrected chi connectivity index (χ2v) is 5.12. The molecule has 2 nitrogen and oxygen atoms in total. The Morgan fingerprint density at radius 3 is 2.62 bits per heavy atom. The maximum Gasteiger partial charge on any atom is 0.0494 e. The molecule has 96 valence electrons. The summed E-state index contributed by atoms with van der Waals surface area (Å²) in [6, 6.07) is 0.679. The van der Waals surface area contributed by atoms with Crippen LogP contribution in [-0.2, 0) is 4.74 Å². The highest BCUT2D eigenvalue weighted by atomic mass is 16.5. The van der Waals surface area contributed by atoms with Crippen LogP contribution in [0.5, 0.6) is 0 Å². The number of ether oxygens (including phenoxy) is 1. The van der Waals surface area contributed by atoms with Crippen molar-refractivity contribution in [1.29, 1.82) is 0 Å². The maximum absolute atomic E-state index is 5.78. The third-order valence-electron chi connectivity index (χ3n) is 3.82. The zero-order valence-corrected chi connectivity index (χ0v) is 11.1. The van der Waals surface area contributed by atoms with Crippen molar-refractivity contribution in [2.45, 2.75) is 64.3 Å². The Bertz CT molecular complexity index is 151. The highest BCUT2D eigenvalue weighted by Gasteiger charge is 2.13. The first kappa shape index (κ1) is 14.0. The van der Waals surface area contributed by atoms with Gasteiger partial charge in [0.05, 0.1) is 0 Å². The van der Waals surface area contributed by atoms with Crippen LogP contribution < -0.4 is 5.32 Å². The fourth-order valence-electron chi connectivity index (χ4n) is 2.59. The zero-order chi connectivity index (χ0) is 11.6. The summed E-state index contributed by atoms with van der Waals surface area (Å²) in [5.41, 5.74) is 0. The highest BCUT2D eigenvalue weighted by molar-refractivity contribution is 4.65. The summed E-state index contributed by atoms with van der Waals surface area (Å²) in [4.78, 5) is 0. The molecule has 2 heteroatoms. The van der Waals surface area contributed by atoms with Crippen molar-refractivity contribution in [3.8, 4) is 0 Å². The highest BCUT2D eigenvalue weighted by Crippen LogP contribution is 2.23. The third-order valence-corrected chi connectivity index (χ3v) is 3.82. The molecule has 0 saturated heterocycles. The van der Waals surface area contributed by atoms with Gasteiger partial charge in [-0.15, -0.1) is 0 Å². The van der Waals surface area contributed by atoms with Gasteiger partial charge >= 0.3 is 0 Å². The van der Waals surface area contributed by atoms with Crippen LogP contribution in [0, 0.1) is 5.92 Å². The molecule has 1 atom stereocenters. The molecule has 0 heterocycles. The molecule has 16 heavy (non-hydrogen) atoms. The molecule has 1 unspecified atom stereocenters. The lowest BCUT2D eigenvalue weighted by Gasteiger charge is -2.21. The second kappa shape index (κ2) is 9.00. The molecule has 0 spiro atoms. The molecule has 1 saturated carbocycles. The molecular formula is C14H29NO. The van der Waals surface area contributed by atoms with Gasteiger partial charge < -0.3 is 10.1 Å². The number of rotatable bonds is 8. The van der Waals surface area contributed by atoms with Gasteiger partial charge in [-0.2, -0.15) is 0 Å². The Labute approximate surface area is 101 Å². The van der Waals surface area contributed by atoms with Crippen LogP contribution >= 0.6 is 0 Å². The van der Waals surface area contributed by atoms with Gasteiger partial charge in [0.25, 0.3) is 0 Å². The van der Waals surface area contributed by atoms with E-state index in [9.17, 15) is 0 Å². The quantitative estimate of drug-likeness (QED) is 0.642. The molecule has 0 bridgehead atoms. The van der Waals surface area contributed by atoms with E-state index in [0.717, 1.165) is 19.1 Å². The Morgan fingerprint density at radius 1 is 1.25 bits per heavy atom. The molecule has 0 aliphatic heterocycles. The van der Waals surface area contributed by atoms with E-state index in [1.807, 2.05) is 0 Å². The van der Waals surface area contributed by atoms with E-state index in [1.165, 1.54) is 51.4 Å². The molecule has 0 aromatic carbocycles. The van der Waals surface area contributed by atoms with Crippen LogP contribution in [0.1, 0.15) is 58.3 Å². The number of hydrogen-bond donors (Lipinski definition) is 1. The van der Waals surface area contributed by atoms with Crippen LogP contribution in [-0.4, -0.2) is 26.3 Å². The van der Waals surface area contributed by atoms with Crippen LogP contribution in [0.3, 0.4) is 0 Å². The number of nitrogens with one attached hydrogen (secondary N) is 1. The van der Waals surface area contributed by atoms with Gasteiger partial charge in [-0.05, 0) is 45.1 Å². The Kier molecular flexibility index (Phi) is 7.87. The Hall–Kier alpha value is -0.0800. The minimum atomic E-state index is 0.679. The molecule has 0 amide bonds. The first-order valence-corrected chi connectivity index (χ1v) is 7.11. The first-order chi connectivity index (χ1) is 7.86. The molecule has 1 aliphatic rings. The molecule has 0 aromatic rings. The zero-order valence-electron chi connectivity index (χ0n) is 11.1. The first-order valence-electron chi connectivity index (χ1n) is 7.11. The summed E-state index contributed by atoms with van der Waals surface area (Å²) in [6.07, 6.45) is 10.7. The Morgan fingerprint density at radius 2 is 2.00 bits per heavy atom. The molecule has 1 rings (SSSR count). The van der Waals surface area contributed by atoms with Crippen LogP contribution in [0.15, 0.2) is 0 Å². The summed E-state index contributed by atoms with van der Waals surface area (Å²) in [5, 5.41) is 3.34. The molecule has 1 aliphatic carbocycles. The minimum Gasteiger partial charge on any atom is -0.381 e. The normalized spacial score (nSPS) is 19.9. The largest absolute Gasteiger partial charge is 0.381 e. The smallest absolute Gasteiger partial charge is 0.0494 e. The summed E-state index contributed by atoms with van der Waals surface area (Å²) in [7, 11) is 2.05. The SMILES string of the molecule is CCC(CCCOCC1CCCCC1)NC. The van der Waals surface area contributed by atoms with Crippen LogP contribution in [0.4, 0.5) is 0 Å². The molecule has 0 radical (unpaired) electrons. The van der Waals surface area contributed by atoms with Gasteiger partial charge in [0.1, 0.15) is 0 Å². The average molecular weight is 227 g/mol. The fraction of sp³-hybridized carbons (Fsp3) is 1.00. The monoisotopic (exact) mass is 227 g/mol. The standard InChI is InChI=1S/C14H29NO/c1-3-14(15-2)10-7-11-16-12-13-8-5-4-6-9-13/h13-15H,3-12H2,1-2H3. The summed E-state index contributed by atoms with van der Waals surface area (Å²) in [6.45, 7) is 4.20. The van der Waals surface area contributed by atoms with Gasteiger partial charge in [-0.1, -0.05) is 26.2 Å². The van der Waals surface area contributed by atoms with Crippen molar-refractivity contribution in [2.75, 3.05) is 20.3 Å². The number of hydrogen-bond acceptors (Lipinski definition) is 2. The molecule has 1 fully saturated rings. The van der Waals surface area contributed by atoms with Gasteiger partial charge in [0, 0.05) is 19.3 Å². The van der Waals surface area contributed by atoms with E-state index in [0.29, 0.717) is 6.04 Å². The maximum atomic E-state index is 5.78. The lowest BCUT2D eigenvalue weighted by Crippen LogP contribution is -2.24. The van der Waals surface area contributed by atoms with E-state index < -0.39 is 0 Å². The minimum absolute atomic E-state index is 0.679. The van der Waals surface area contributed by atoms with Crippen molar-refractivity contribution in [1.82, 2.24) is 5.32 Å². The third kappa shape index (κ3) is 5.86. The fourth-order valence-corrected chi connectivity index (χ4v) is 2.59. The van der Waals surface area contributed by atoms with Crippen molar-refractivity contribution in [2.24, 2.45) is 5.92 Å². The van der Waals surface area contributed by atoms with Crippen LogP contribution in [0.2, 0.25) is 0 Å². The van der Waals surface area contributed by atoms with Gasteiger partial charge in [0.15, 0.2) is 0 Å². The summed E-state index contributed by atoms with van der Waals surface area (Å²) in [5.74, 6) is 0.861. The Balaban J connectivity index is 1.90. The van der Waals surface area contributed by atoms with E-state index >= 15 is 0 Å². The second-order valence-electron chi connectivity index (χ2n) is 5.12. The summed E-state index contributed by atoms with van der Waals surface area (Å²) < 4.78 is 5.78. The van der Waals surface area contributed by atoms with Gasteiger partial charge in [0.2, 0.25) is 0 Å². The van der Waals surface area contributed by atoms with Gasteiger partial charge in [-0.25, -0.2) is 0 Å². The lowest BCUT2D eigenvalue weighted by atomic mass is 9.90. The average Bonchev–Trinajstić information content (AvgIpc) is 2.35. The van der Waals surface area contributed by atoms with E-state index in [2.05, 4.69) is 19.3 Å². The summed E-state index contributed by atoms with van der Waals surface area (Å²) >= 11 is 0. The topological polar surface area (TPSA) is 21.3 Å². The van der Waals surface area contributed by atoms with Crippen molar-refractivity contribution < 1.29 is 4.74 Å². The van der Waals surface area contributed by atoms with Crippen molar-refractivity contribution in [3.05, 3.63) is 0 Å². The van der Waals surface area contributed by atoms with Crippen molar-refractivity contribution >= 4 is 0 Å². The van der Waals surface area contributed by atoms with E-state index in [4.69, 9.17) is 4.74 Å². The van der Waals surface area contributed by atoms with Crippen molar-refractivity contribution in [3.63, 3.8) is 0 Å². The predicted molar refractivity (Wildman–Crippen MR) is 69.8 cm³/mol. The molecule has 1 N–H and O–H groups in total. The van der Waals surface area contributed by atoms with Crippen LogP contribution in [0.25, 0.3) is 0 Å². The molecule has 0 aromatic heterocycles. The van der Waals surface area contributed by atoms with E-state index in [-0.39, 0.29) is 0 Å².